The van der Waals surface area contributed by atoms with Gasteiger partial charge in [0.2, 0.25) is 12.1 Å². The minimum Gasteiger partial charge on any atom is -0.493 e. The van der Waals surface area contributed by atoms with Gasteiger partial charge in [-0.3, -0.25) is 4.79 Å². The number of Topliss-reactive ketones (excluding diaryl/α,β-unsaturated/α-hetero) is 1. The van der Waals surface area contributed by atoms with Crippen LogP contribution in [0.4, 0.5) is 0 Å². The third-order valence-electron chi connectivity index (χ3n) is 6.35. The number of para-hydroxylation sites is 2. The molecule has 0 saturated carbocycles. The Labute approximate surface area is 194 Å². The van der Waals surface area contributed by atoms with Crippen LogP contribution in [0.1, 0.15) is 27.0 Å². The topological polar surface area (TPSA) is 44.3 Å². The van der Waals surface area contributed by atoms with Crippen molar-refractivity contribution < 1.29 is 18.8 Å². The van der Waals surface area contributed by atoms with Gasteiger partial charge in [-0.25, -0.2) is 9.13 Å². The number of benzene rings is 3. The van der Waals surface area contributed by atoms with Gasteiger partial charge in [0.25, 0.3) is 0 Å². The number of fused-ring (bicyclic) bond motifs is 3. The number of imidazole rings is 1. The lowest BCUT2D eigenvalue weighted by Gasteiger charge is -2.11. The summed E-state index contributed by atoms with van der Waals surface area (Å²) in [5.74, 6) is 2.10. The average molecular weight is 490 g/mol. The molecule has 5 nitrogen and oxygen atoms in total. The van der Waals surface area contributed by atoms with Crippen LogP contribution in [0, 0.1) is 0 Å². The average Bonchev–Trinajstić information content (AvgIpc) is 3.53. The summed E-state index contributed by atoms with van der Waals surface area (Å²) in [5, 5.41) is 0. The van der Waals surface area contributed by atoms with Gasteiger partial charge in [-0.1, -0.05) is 40.2 Å². The Morgan fingerprint density at radius 1 is 1.03 bits per heavy atom. The summed E-state index contributed by atoms with van der Waals surface area (Å²) in [4.78, 5) is 13.0. The van der Waals surface area contributed by atoms with Crippen LogP contribution in [-0.4, -0.2) is 23.6 Å². The van der Waals surface area contributed by atoms with Crippen LogP contribution in [0.2, 0.25) is 0 Å². The predicted molar refractivity (Wildman–Crippen MR) is 125 cm³/mol. The number of carbonyl (C=O) groups is 1. The number of ether oxygens (including phenoxy) is 2. The number of hydrogen-bond acceptors (Lipinski definition) is 3. The second-order valence-corrected chi connectivity index (χ2v) is 9.22. The summed E-state index contributed by atoms with van der Waals surface area (Å²) in [6.07, 6.45) is 3.88. The molecule has 3 aromatic carbocycles. The van der Waals surface area contributed by atoms with Gasteiger partial charge in [0, 0.05) is 39.6 Å². The molecule has 0 saturated heterocycles. The molecule has 6 rings (SSSR count). The van der Waals surface area contributed by atoms with Gasteiger partial charge in [-0.2, -0.15) is 0 Å². The van der Waals surface area contributed by atoms with E-state index in [9.17, 15) is 4.79 Å². The number of carbonyl (C=O) groups excluding carboxylic acids is 1. The molecule has 2 aliphatic heterocycles. The Bertz CT molecular complexity index is 1330. The number of hydrogen-bond donors (Lipinski definition) is 0. The van der Waals surface area contributed by atoms with Crippen molar-refractivity contribution in [2.45, 2.75) is 25.9 Å². The molecule has 32 heavy (non-hydrogen) atoms. The Balaban J connectivity index is 1.39. The van der Waals surface area contributed by atoms with E-state index in [4.69, 9.17) is 9.47 Å². The van der Waals surface area contributed by atoms with Gasteiger partial charge >= 0.3 is 0 Å². The van der Waals surface area contributed by atoms with E-state index in [2.05, 4.69) is 45.0 Å². The zero-order chi connectivity index (χ0) is 21.7. The smallest absolute Gasteiger partial charge is 0.245 e. The van der Waals surface area contributed by atoms with E-state index in [1.54, 1.807) is 0 Å². The van der Waals surface area contributed by atoms with Crippen LogP contribution >= 0.6 is 15.9 Å². The predicted octanol–water partition coefficient (Wildman–Crippen LogP) is 4.49. The van der Waals surface area contributed by atoms with Crippen molar-refractivity contribution in [2.75, 3.05) is 13.2 Å². The summed E-state index contributed by atoms with van der Waals surface area (Å²) in [7, 11) is 0. The molecule has 3 heterocycles. The minimum absolute atomic E-state index is 0.0867. The fraction of sp³-hybridized carbons (Fsp3) is 0.231. The molecule has 0 radical (unpaired) electrons. The number of aromatic nitrogens is 2. The van der Waals surface area contributed by atoms with Gasteiger partial charge in [-0.05, 0) is 30.3 Å². The molecule has 160 valence electrons. The van der Waals surface area contributed by atoms with Gasteiger partial charge in [0.15, 0.2) is 17.6 Å². The maximum Gasteiger partial charge on any atom is 0.245 e. The lowest BCUT2D eigenvalue weighted by Crippen LogP contribution is -2.33. The standard InChI is InChI=1S/C26H22BrN2O3/c27-19-7-5-17(6-8-19)24(30)15-29-16-28(22-3-1-2-4-23(22)29)14-21-20-10-12-31-25(20)13-18-9-11-32-26(18)21/h1-8,13,16H,9-12,14-15H2/q+1. The van der Waals surface area contributed by atoms with Crippen LogP contribution in [-0.2, 0) is 25.9 Å². The molecule has 4 aromatic rings. The van der Waals surface area contributed by atoms with Crippen molar-refractivity contribution in [2.24, 2.45) is 0 Å². The molecule has 0 unspecified atom stereocenters. The SMILES string of the molecule is O=C(Cn1c[n+](Cc2c3c(cc4c2OCC4)OCC3)c2ccccc21)c1ccc(Br)cc1. The summed E-state index contributed by atoms with van der Waals surface area (Å²) >= 11 is 3.43. The molecular formula is C26H22BrN2O3+. The highest BCUT2D eigenvalue weighted by molar-refractivity contribution is 9.10. The molecule has 0 amide bonds. The molecular weight excluding hydrogens is 468 g/mol. The molecule has 0 spiro atoms. The zero-order valence-corrected chi connectivity index (χ0v) is 19.1. The van der Waals surface area contributed by atoms with E-state index < -0.39 is 0 Å². The molecule has 0 N–H and O–H groups in total. The van der Waals surface area contributed by atoms with Crippen LogP contribution in [0.3, 0.4) is 0 Å². The Hall–Kier alpha value is -3.12. The number of nitrogens with zero attached hydrogens (tertiary/aromatic N) is 2. The largest absolute Gasteiger partial charge is 0.493 e. The number of ketones is 1. The third kappa shape index (κ3) is 3.30. The van der Waals surface area contributed by atoms with Crippen LogP contribution in [0.15, 0.2) is 65.4 Å². The van der Waals surface area contributed by atoms with E-state index in [0.29, 0.717) is 18.7 Å². The molecule has 2 aliphatic rings. The van der Waals surface area contributed by atoms with E-state index in [-0.39, 0.29) is 5.78 Å². The van der Waals surface area contributed by atoms with E-state index in [1.165, 1.54) is 16.7 Å². The highest BCUT2D eigenvalue weighted by atomic mass is 79.9. The Morgan fingerprint density at radius 2 is 1.84 bits per heavy atom. The highest BCUT2D eigenvalue weighted by Gasteiger charge is 2.29. The van der Waals surface area contributed by atoms with Gasteiger partial charge in [0.1, 0.15) is 18.0 Å². The quantitative estimate of drug-likeness (QED) is 0.306. The normalized spacial score (nSPS) is 14.2. The Kier molecular flexibility index (Phi) is 4.76. The van der Waals surface area contributed by atoms with Crippen molar-refractivity contribution in [3.63, 3.8) is 0 Å². The fourth-order valence-corrected chi connectivity index (χ4v) is 5.06. The lowest BCUT2D eigenvalue weighted by atomic mass is 9.99. The number of halogens is 1. The summed E-state index contributed by atoms with van der Waals surface area (Å²) < 4.78 is 17.2. The second kappa shape index (κ2) is 7.78. The highest BCUT2D eigenvalue weighted by Crippen LogP contribution is 2.40. The molecule has 1 aromatic heterocycles. The molecule has 0 aliphatic carbocycles. The zero-order valence-electron chi connectivity index (χ0n) is 17.5. The summed E-state index contributed by atoms with van der Waals surface area (Å²) in [5.41, 5.74) is 6.54. The van der Waals surface area contributed by atoms with E-state index >= 15 is 0 Å². The van der Waals surface area contributed by atoms with Crippen molar-refractivity contribution in [1.29, 1.82) is 0 Å². The van der Waals surface area contributed by atoms with Gasteiger partial charge in [-0.15, -0.1) is 0 Å². The first kappa shape index (κ1) is 19.6. The first-order valence-electron chi connectivity index (χ1n) is 10.9. The lowest BCUT2D eigenvalue weighted by molar-refractivity contribution is -0.663. The monoisotopic (exact) mass is 489 g/mol. The van der Waals surface area contributed by atoms with Crippen molar-refractivity contribution in [3.8, 4) is 11.5 Å². The maximum absolute atomic E-state index is 13.0. The number of rotatable bonds is 5. The van der Waals surface area contributed by atoms with Crippen molar-refractivity contribution in [3.05, 3.63) is 87.7 Å². The second-order valence-electron chi connectivity index (χ2n) is 8.31. The molecule has 6 heteroatoms. The van der Waals surface area contributed by atoms with Crippen LogP contribution in [0.5, 0.6) is 11.5 Å². The summed E-state index contributed by atoms with van der Waals surface area (Å²) in [6, 6.07) is 17.9. The first-order valence-corrected chi connectivity index (χ1v) is 11.7. The van der Waals surface area contributed by atoms with E-state index in [1.807, 2.05) is 41.0 Å². The minimum atomic E-state index is 0.0867. The molecule has 0 fully saturated rings. The van der Waals surface area contributed by atoms with Gasteiger partial charge in [0.05, 0.1) is 13.2 Å². The Morgan fingerprint density at radius 3 is 2.72 bits per heavy atom. The van der Waals surface area contributed by atoms with Crippen LogP contribution in [0.25, 0.3) is 11.0 Å². The van der Waals surface area contributed by atoms with Crippen molar-refractivity contribution >= 4 is 32.7 Å². The summed E-state index contributed by atoms with van der Waals surface area (Å²) in [6.45, 7) is 2.42. The third-order valence-corrected chi connectivity index (χ3v) is 6.88. The maximum atomic E-state index is 13.0. The fourth-order valence-electron chi connectivity index (χ4n) is 4.80. The first-order chi connectivity index (χ1) is 15.7. The molecule has 0 bridgehead atoms. The van der Waals surface area contributed by atoms with Crippen LogP contribution < -0.4 is 14.0 Å². The van der Waals surface area contributed by atoms with Gasteiger partial charge < -0.3 is 9.47 Å². The molecule has 0 atom stereocenters. The van der Waals surface area contributed by atoms with Crippen molar-refractivity contribution in [1.82, 2.24) is 4.57 Å². The van der Waals surface area contributed by atoms with E-state index in [0.717, 1.165) is 53.1 Å².